The quantitative estimate of drug-likeness (QED) is 0.848. The Hall–Kier alpha value is -1.72. The molecule has 0 atom stereocenters. The van der Waals surface area contributed by atoms with E-state index in [1.54, 1.807) is 18.2 Å². The van der Waals surface area contributed by atoms with Gasteiger partial charge in [0.25, 0.3) is 0 Å². The highest BCUT2D eigenvalue weighted by Gasteiger charge is 2.04. The van der Waals surface area contributed by atoms with Crippen molar-refractivity contribution in [2.75, 3.05) is 5.32 Å². The largest absolute Gasteiger partial charge is 0.388 e. The van der Waals surface area contributed by atoms with E-state index < -0.39 is 5.82 Å². The third kappa shape index (κ3) is 2.94. The van der Waals surface area contributed by atoms with Crippen LogP contribution in [0.5, 0.6) is 0 Å². The molecule has 0 saturated carbocycles. The first kappa shape index (κ1) is 12.7. The molecule has 0 spiro atoms. The summed E-state index contributed by atoms with van der Waals surface area (Å²) in [6.07, 6.45) is 0. The highest BCUT2D eigenvalue weighted by atomic mass is 35.5. The molecular formula is C12H9ClFN3S. The van der Waals surface area contributed by atoms with Crippen LogP contribution >= 0.6 is 23.8 Å². The van der Waals surface area contributed by atoms with Gasteiger partial charge in [0, 0.05) is 0 Å². The van der Waals surface area contributed by atoms with E-state index in [2.05, 4.69) is 10.3 Å². The fraction of sp³-hybridized carbons (Fsp3) is 0. The third-order valence-corrected chi connectivity index (χ3v) is 2.72. The summed E-state index contributed by atoms with van der Waals surface area (Å²) in [5.74, 6) is 0.143. The van der Waals surface area contributed by atoms with Gasteiger partial charge in [0.15, 0.2) is 0 Å². The van der Waals surface area contributed by atoms with Gasteiger partial charge in [-0.05, 0) is 30.3 Å². The van der Waals surface area contributed by atoms with Crippen molar-refractivity contribution in [3.63, 3.8) is 0 Å². The summed E-state index contributed by atoms with van der Waals surface area (Å²) >= 11 is 10.7. The Morgan fingerprint density at radius 1 is 1.33 bits per heavy atom. The van der Waals surface area contributed by atoms with Crippen LogP contribution in [0.25, 0.3) is 0 Å². The second-order valence-corrected chi connectivity index (χ2v) is 4.37. The number of nitrogens with zero attached hydrogens (tertiary/aromatic N) is 1. The molecule has 0 fully saturated rings. The van der Waals surface area contributed by atoms with Gasteiger partial charge >= 0.3 is 0 Å². The zero-order valence-corrected chi connectivity index (χ0v) is 10.7. The number of rotatable bonds is 3. The van der Waals surface area contributed by atoms with E-state index in [0.717, 1.165) is 0 Å². The van der Waals surface area contributed by atoms with Crippen molar-refractivity contribution in [1.29, 1.82) is 0 Å². The predicted molar refractivity (Wildman–Crippen MR) is 74.8 cm³/mol. The third-order valence-electron chi connectivity index (χ3n) is 2.20. The molecular weight excluding hydrogens is 273 g/mol. The Morgan fingerprint density at radius 2 is 2.11 bits per heavy atom. The molecule has 0 aliphatic rings. The van der Waals surface area contributed by atoms with Crippen molar-refractivity contribution in [1.82, 2.24) is 4.98 Å². The van der Waals surface area contributed by atoms with E-state index >= 15 is 0 Å². The van der Waals surface area contributed by atoms with Gasteiger partial charge in [-0.3, -0.25) is 0 Å². The minimum absolute atomic E-state index is 0.212. The fourth-order valence-corrected chi connectivity index (χ4v) is 1.70. The summed E-state index contributed by atoms with van der Waals surface area (Å²) in [5.41, 5.74) is 6.56. The number of pyridine rings is 1. The van der Waals surface area contributed by atoms with E-state index in [0.29, 0.717) is 17.2 Å². The number of anilines is 2. The molecule has 0 amide bonds. The van der Waals surface area contributed by atoms with Crippen LogP contribution in [0.4, 0.5) is 15.9 Å². The lowest BCUT2D eigenvalue weighted by Crippen LogP contribution is -2.12. The predicted octanol–water partition coefficient (Wildman–Crippen LogP) is 3.25. The lowest BCUT2D eigenvalue weighted by atomic mass is 10.3. The molecule has 0 aliphatic heterocycles. The average Bonchev–Trinajstić information content (AvgIpc) is 2.33. The molecule has 0 aliphatic carbocycles. The second kappa shape index (κ2) is 5.29. The average molecular weight is 282 g/mol. The molecule has 6 heteroatoms. The Kier molecular flexibility index (Phi) is 3.74. The van der Waals surface area contributed by atoms with Crippen LogP contribution in [0, 0.1) is 5.82 Å². The number of hydrogen-bond acceptors (Lipinski definition) is 3. The Labute approximate surface area is 114 Å². The molecule has 2 aromatic rings. The molecule has 1 aromatic heterocycles. The monoisotopic (exact) mass is 281 g/mol. The molecule has 3 N–H and O–H groups in total. The lowest BCUT2D eigenvalue weighted by Gasteiger charge is -2.08. The second-order valence-electron chi connectivity index (χ2n) is 3.52. The van der Waals surface area contributed by atoms with Crippen LogP contribution in [0.2, 0.25) is 5.02 Å². The van der Waals surface area contributed by atoms with Gasteiger partial charge in [-0.15, -0.1) is 0 Å². The molecule has 3 nitrogen and oxygen atoms in total. The molecule has 1 aromatic carbocycles. The Morgan fingerprint density at radius 3 is 2.78 bits per heavy atom. The summed E-state index contributed by atoms with van der Waals surface area (Å²) in [6.45, 7) is 0. The first-order chi connectivity index (χ1) is 8.56. The van der Waals surface area contributed by atoms with Crippen molar-refractivity contribution in [2.24, 2.45) is 5.73 Å². The van der Waals surface area contributed by atoms with Crippen LogP contribution in [0.3, 0.4) is 0 Å². The van der Waals surface area contributed by atoms with Crippen LogP contribution in [-0.4, -0.2) is 9.97 Å². The number of nitrogens with two attached hydrogens (primary N) is 1. The smallest absolute Gasteiger partial charge is 0.131 e. The van der Waals surface area contributed by atoms with Crippen molar-refractivity contribution >= 4 is 40.3 Å². The molecule has 18 heavy (non-hydrogen) atoms. The molecule has 0 radical (unpaired) electrons. The summed E-state index contributed by atoms with van der Waals surface area (Å²) < 4.78 is 12.9. The van der Waals surface area contributed by atoms with E-state index in [1.807, 2.05) is 0 Å². The summed E-state index contributed by atoms with van der Waals surface area (Å²) in [6, 6.07) is 9.28. The van der Waals surface area contributed by atoms with Gasteiger partial charge < -0.3 is 11.1 Å². The van der Waals surface area contributed by atoms with Crippen LogP contribution in [-0.2, 0) is 0 Å². The number of hydrogen-bond donors (Lipinski definition) is 2. The SMILES string of the molecule is NC(=S)c1cccc(Nc2ccc(F)cc2Cl)n1. The molecule has 92 valence electrons. The maximum atomic E-state index is 12.9. The molecule has 1 heterocycles. The zero-order chi connectivity index (χ0) is 13.1. The van der Waals surface area contributed by atoms with Gasteiger partial charge in [0.05, 0.1) is 16.4 Å². The van der Waals surface area contributed by atoms with Crippen LogP contribution < -0.4 is 11.1 Å². The van der Waals surface area contributed by atoms with Gasteiger partial charge in [-0.2, -0.15) is 0 Å². The molecule has 0 unspecified atom stereocenters. The highest BCUT2D eigenvalue weighted by Crippen LogP contribution is 2.25. The maximum absolute atomic E-state index is 12.9. The Bertz CT molecular complexity index is 604. The number of benzene rings is 1. The van der Waals surface area contributed by atoms with Crippen LogP contribution in [0.1, 0.15) is 5.69 Å². The molecule has 2 rings (SSSR count). The fourth-order valence-electron chi connectivity index (χ4n) is 1.37. The minimum Gasteiger partial charge on any atom is -0.388 e. The zero-order valence-electron chi connectivity index (χ0n) is 9.15. The van der Waals surface area contributed by atoms with Gasteiger partial charge in [0.1, 0.15) is 16.6 Å². The van der Waals surface area contributed by atoms with E-state index in [-0.39, 0.29) is 10.0 Å². The van der Waals surface area contributed by atoms with Crippen molar-refractivity contribution in [2.45, 2.75) is 0 Å². The standard InChI is InChI=1S/C12H9ClFN3S/c13-8-6-7(14)4-5-9(8)16-11-3-1-2-10(17-11)12(15)18/h1-6H,(H2,15,18)(H,16,17). The van der Waals surface area contributed by atoms with Crippen molar-refractivity contribution in [3.8, 4) is 0 Å². The van der Waals surface area contributed by atoms with Crippen molar-refractivity contribution in [3.05, 3.63) is 52.9 Å². The molecule has 0 bridgehead atoms. The Balaban J connectivity index is 2.28. The first-order valence-corrected chi connectivity index (χ1v) is 5.84. The normalized spacial score (nSPS) is 10.1. The van der Waals surface area contributed by atoms with E-state index in [9.17, 15) is 4.39 Å². The van der Waals surface area contributed by atoms with Crippen LogP contribution in [0.15, 0.2) is 36.4 Å². The highest BCUT2D eigenvalue weighted by molar-refractivity contribution is 7.80. The topological polar surface area (TPSA) is 50.9 Å². The summed E-state index contributed by atoms with van der Waals surface area (Å²) in [7, 11) is 0. The number of halogens is 2. The lowest BCUT2D eigenvalue weighted by molar-refractivity contribution is 0.628. The number of nitrogens with one attached hydrogen (secondary N) is 1. The number of thiocarbonyl (C=S) groups is 1. The van der Waals surface area contributed by atoms with Gasteiger partial charge in [-0.25, -0.2) is 9.37 Å². The first-order valence-electron chi connectivity index (χ1n) is 5.05. The minimum atomic E-state index is -0.393. The summed E-state index contributed by atoms with van der Waals surface area (Å²) in [5, 5.41) is 3.25. The van der Waals surface area contributed by atoms with Gasteiger partial charge in [-0.1, -0.05) is 29.9 Å². The van der Waals surface area contributed by atoms with Crippen molar-refractivity contribution < 1.29 is 4.39 Å². The molecule has 0 saturated heterocycles. The maximum Gasteiger partial charge on any atom is 0.131 e. The van der Waals surface area contributed by atoms with Gasteiger partial charge in [0.2, 0.25) is 0 Å². The summed E-state index contributed by atoms with van der Waals surface area (Å²) in [4.78, 5) is 4.41. The number of aromatic nitrogens is 1. The van der Waals surface area contributed by atoms with E-state index in [1.165, 1.54) is 18.2 Å². The van der Waals surface area contributed by atoms with E-state index in [4.69, 9.17) is 29.6 Å².